The van der Waals surface area contributed by atoms with Gasteiger partial charge in [0, 0.05) is 16.8 Å². The van der Waals surface area contributed by atoms with Crippen LogP contribution in [-0.2, 0) is 20.9 Å². The van der Waals surface area contributed by atoms with Crippen LogP contribution in [0.15, 0.2) is 30.3 Å². The summed E-state index contributed by atoms with van der Waals surface area (Å²) in [4.78, 5) is 42.4. The maximum atomic E-state index is 13.8. The average Bonchev–Trinajstić information content (AvgIpc) is 3.31. The van der Waals surface area contributed by atoms with E-state index >= 15 is 0 Å². The predicted molar refractivity (Wildman–Crippen MR) is 128 cm³/mol. The van der Waals surface area contributed by atoms with Gasteiger partial charge in [-0.2, -0.15) is 0 Å². The highest BCUT2D eigenvalue weighted by atomic mass is 32.2. The Morgan fingerprint density at radius 1 is 1.21 bits per heavy atom. The number of carbonyl (C=O) groups is 3. The second kappa shape index (κ2) is 8.31. The fourth-order valence-electron chi connectivity index (χ4n) is 5.96. The highest BCUT2D eigenvalue weighted by Crippen LogP contribution is 2.71. The monoisotopic (exact) mass is 473 g/mol. The number of rotatable bonds is 6. The molecular weight excluding hydrogens is 438 g/mol. The second-order valence-electron chi connectivity index (χ2n) is 10.9. The van der Waals surface area contributed by atoms with Crippen LogP contribution < -0.4 is 10.6 Å². The van der Waals surface area contributed by atoms with Crippen molar-refractivity contribution < 1.29 is 19.5 Å². The Bertz CT molecular complexity index is 949. The lowest BCUT2D eigenvalue weighted by Gasteiger charge is -2.37. The molecular formula is C25H35N3O4S. The standard InChI is InChI=1S/C25H35N3O4S/c1-15(14-29)28-19(21(31)27-23(2,3)4)25-12-11-24(5,33-25)17(18(25)22(28)32)20(30)26-13-16-9-7-6-8-10-16/h6-10,15,17-19,29H,11-14H2,1-5H3,(H,26,30)(H,27,31)/t15-,17+,18+,19?,24-,25?/m1/s1. The van der Waals surface area contributed by atoms with E-state index in [2.05, 4.69) is 17.6 Å². The molecule has 33 heavy (non-hydrogen) atoms. The van der Waals surface area contributed by atoms with E-state index in [0.717, 1.165) is 12.0 Å². The molecule has 3 N–H and O–H groups in total. The molecule has 2 bridgehead atoms. The van der Waals surface area contributed by atoms with Gasteiger partial charge in [0.2, 0.25) is 17.7 Å². The summed E-state index contributed by atoms with van der Waals surface area (Å²) in [5, 5.41) is 16.0. The number of benzene rings is 1. The van der Waals surface area contributed by atoms with Gasteiger partial charge >= 0.3 is 0 Å². The van der Waals surface area contributed by atoms with Gasteiger partial charge in [0.1, 0.15) is 6.04 Å². The molecule has 3 aliphatic rings. The van der Waals surface area contributed by atoms with E-state index in [-0.39, 0.29) is 24.3 Å². The Hall–Kier alpha value is -2.06. The van der Waals surface area contributed by atoms with Gasteiger partial charge < -0.3 is 20.6 Å². The summed E-state index contributed by atoms with van der Waals surface area (Å²) in [6.07, 6.45) is 1.47. The number of carbonyl (C=O) groups excluding carboxylic acids is 3. The lowest BCUT2D eigenvalue weighted by atomic mass is 9.66. The van der Waals surface area contributed by atoms with Crippen LogP contribution in [0.5, 0.6) is 0 Å². The third kappa shape index (κ3) is 3.95. The Morgan fingerprint density at radius 2 is 1.88 bits per heavy atom. The number of hydrogen-bond donors (Lipinski definition) is 3. The summed E-state index contributed by atoms with van der Waals surface area (Å²) in [5.41, 5.74) is 0.540. The van der Waals surface area contributed by atoms with E-state index < -0.39 is 39.0 Å². The quantitative estimate of drug-likeness (QED) is 0.588. The molecule has 0 saturated carbocycles. The van der Waals surface area contributed by atoms with Gasteiger partial charge in [0.05, 0.1) is 29.2 Å². The average molecular weight is 474 g/mol. The van der Waals surface area contributed by atoms with Crippen molar-refractivity contribution in [2.75, 3.05) is 6.61 Å². The highest BCUT2D eigenvalue weighted by Gasteiger charge is 2.77. The van der Waals surface area contributed by atoms with E-state index in [4.69, 9.17) is 0 Å². The van der Waals surface area contributed by atoms with Crippen molar-refractivity contribution in [1.29, 1.82) is 0 Å². The summed E-state index contributed by atoms with van der Waals surface area (Å²) in [6.45, 7) is 9.72. The fraction of sp³-hybridized carbons (Fsp3) is 0.640. The minimum absolute atomic E-state index is 0.137. The Labute approximate surface area is 200 Å². The molecule has 0 radical (unpaired) electrons. The van der Waals surface area contributed by atoms with Gasteiger partial charge in [0.25, 0.3) is 0 Å². The summed E-state index contributed by atoms with van der Waals surface area (Å²) >= 11 is 1.64. The van der Waals surface area contributed by atoms with Crippen molar-refractivity contribution in [3.63, 3.8) is 0 Å². The summed E-state index contributed by atoms with van der Waals surface area (Å²) in [7, 11) is 0. The number of thioether (sulfide) groups is 1. The third-order valence-corrected chi connectivity index (χ3v) is 9.28. The zero-order chi connectivity index (χ0) is 24.2. The Kier molecular flexibility index (Phi) is 6.06. The van der Waals surface area contributed by atoms with E-state index in [9.17, 15) is 19.5 Å². The number of aliphatic hydroxyl groups excluding tert-OH is 1. The zero-order valence-electron chi connectivity index (χ0n) is 20.1. The number of likely N-dealkylation sites (tertiary alicyclic amines) is 1. The van der Waals surface area contributed by atoms with E-state index in [1.807, 2.05) is 51.1 Å². The van der Waals surface area contributed by atoms with Crippen molar-refractivity contribution in [1.82, 2.24) is 15.5 Å². The van der Waals surface area contributed by atoms with Crippen LogP contribution in [-0.4, -0.2) is 61.5 Å². The minimum Gasteiger partial charge on any atom is -0.394 e. The molecule has 1 aromatic carbocycles. The largest absolute Gasteiger partial charge is 0.394 e. The van der Waals surface area contributed by atoms with Gasteiger partial charge in [0.15, 0.2) is 0 Å². The van der Waals surface area contributed by atoms with Crippen LogP contribution in [0, 0.1) is 11.8 Å². The van der Waals surface area contributed by atoms with Crippen LogP contribution >= 0.6 is 11.8 Å². The molecule has 180 valence electrons. The molecule has 7 nitrogen and oxygen atoms in total. The first-order chi connectivity index (χ1) is 15.4. The molecule has 3 aliphatic heterocycles. The molecule has 6 atom stereocenters. The number of nitrogens with one attached hydrogen (secondary N) is 2. The highest BCUT2D eigenvalue weighted by molar-refractivity contribution is 8.02. The molecule has 0 aromatic heterocycles. The molecule has 0 aliphatic carbocycles. The second-order valence-corrected chi connectivity index (χ2v) is 12.8. The van der Waals surface area contributed by atoms with Gasteiger partial charge in [-0.05, 0) is 53.0 Å². The normalized spacial score (nSPS) is 33.7. The maximum Gasteiger partial charge on any atom is 0.244 e. The molecule has 8 heteroatoms. The van der Waals surface area contributed by atoms with Crippen LogP contribution in [0.4, 0.5) is 0 Å². The van der Waals surface area contributed by atoms with Crippen LogP contribution in [0.25, 0.3) is 0 Å². The SMILES string of the molecule is C[C@H](CO)N1C(=O)[C@@H]2[C@@H](C(=O)NCc3ccccc3)[C@@]3(C)CCC2(S3)C1C(=O)NC(C)(C)C. The van der Waals surface area contributed by atoms with Crippen LogP contribution in [0.3, 0.4) is 0 Å². The van der Waals surface area contributed by atoms with Gasteiger partial charge in [-0.3, -0.25) is 14.4 Å². The lowest BCUT2D eigenvalue weighted by Crippen LogP contribution is -2.58. The first-order valence-corrected chi connectivity index (χ1v) is 12.5. The molecule has 4 rings (SSSR count). The van der Waals surface area contributed by atoms with Crippen molar-refractivity contribution >= 4 is 29.5 Å². The van der Waals surface area contributed by atoms with E-state index in [0.29, 0.717) is 13.0 Å². The van der Waals surface area contributed by atoms with Gasteiger partial charge in [-0.25, -0.2) is 0 Å². The number of nitrogens with zero attached hydrogens (tertiary/aromatic N) is 1. The van der Waals surface area contributed by atoms with E-state index in [1.54, 1.807) is 23.6 Å². The van der Waals surface area contributed by atoms with Gasteiger partial charge in [-0.1, -0.05) is 30.3 Å². The molecule has 2 unspecified atom stereocenters. The molecule has 3 amide bonds. The first-order valence-electron chi connectivity index (χ1n) is 11.7. The molecule has 1 aromatic rings. The molecule has 3 fully saturated rings. The van der Waals surface area contributed by atoms with Crippen molar-refractivity contribution in [3.05, 3.63) is 35.9 Å². The minimum atomic E-state index is -0.713. The summed E-state index contributed by atoms with van der Waals surface area (Å²) in [5.74, 6) is -1.64. The first kappa shape index (κ1) is 24.1. The zero-order valence-corrected chi connectivity index (χ0v) is 20.9. The molecule has 3 saturated heterocycles. The van der Waals surface area contributed by atoms with Crippen molar-refractivity contribution in [2.24, 2.45) is 11.8 Å². The van der Waals surface area contributed by atoms with Crippen molar-refractivity contribution in [3.8, 4) is 0 Å². The fourth-order valence-corrected chi connectivity index (χ4v) is 8.30. The number of amides is 3. The molecule has 3 heterocycles. The molecule has 1 spiro atoms. The summed E-state index contributed by atoms with van der Waals surface area (Å²) < 4.78 is -1.07. The van der Waals surface area contributed by atoms with Crippen molar-refractivity contribution in [2.45, 2.75) is 81.1 Å². The number of fused-ring (bicyclic) bond motifs is 1. The van der Waals surface area contributed by atoms with Crippen LogP contribution in [0.2, 0.25) is 0 Å². The predicted octanol–water partition coefficient (Wildman–Crippen LogP) is 2.08. The lowest BCUT2D eigenvalue weighted by molar-refractivity contribution is -0.143. The third-order valence-electron chi connectivity index (χ3n) is 7.29. The van der Waals surface area contributed by atoms with Crippen LogP contribution in [0.1, 0.15) is 53.0 Å². The van der Waals surface area contributed by atoms with Gasteiger partial charge in [-0.15, -0.1) is 11.8 Å². The van der Waals surface area contributed by atoms with E-state index in [1.165, 1.54) is 0 Å². The Morgan fingerprint density at radius 3 is 2.48 bits per heavy atom. The summed E-state index contributed by atoms with van der Waals surface area (Å²) in [6, 6.07) is 8.48. The number of hydrogen-bond acceptors (Lipinski definition) is 5. The Balaban J connectivity index is 1.68. The topological polar surface area (TPSA) is 98.7 Å². The number of aliphatic hydroxyl groups is 1. The maximum absolute atomic E-state index is 13.8. The smallest absolute Gasteiger partial charge is 0.244 e.